The zero-order valence-corrected chi connectivity index (χ0v) is 13.2. The number of likely N-dealkylation sites (N-methyl/N-ethyl adjacent to an activating group) is 1. The molecule has 1 aliphatic rings. The summed E-state index contributed by atoms with van der Waals surface area (Å²) in [4.78, 5) is 32.9. The number of halogens is 2. The van der Waals surface area contributed by atoms with Gasteiger partial charge in [-0.25, -0.2) is 13.8 Å². The molecule has 0 saturated carbocycles. The third kappa shape index (κ3) is 3.28. The summed E-state index contributed by atoms with van der Waals surface area (Å²) in [6, 6.07) is 5.98. The van der Waals surface area contributed by atoms with Gasteiger partial charge in [0.15, 0.2) is 0 Å². The van der Waals surface area contributed by atoms with Gasteiger partial charge in [0.25, 0.3) is 11.5 Å². The highest BCUT2D eigenvalue weighted by Gasteiger charge is 2.43. The number of fused-ring (bicyclic) bond motifs is 1. The van der Waals surface area contributed by atoms with Gasteiger partial charge in [-0.1, -0.05) is 12.1 Å². The SMILES string of the molecule is CCN(Cc1nc2ccccc2c(=O)[nH]1)C(=O)C1CC(F)(F)CN1. The van der Waals surface area contributed by atoms with Crippen molar-refractivity contribution in [1.82, 2.24) is 20.2 Å². The average molecular weight is 336 g/mol. The third-order valence-electron chi connectivity index (χ3n) is 4.10. The highest BCUT2D eigenvalue weighted by molar-refractivity contribution is 5.82. The van der Waals surface area contributed by atoms with Crippen LogP contribution >= 0.6 is 0 Å². The highest BCUT2D eigenvalue weighted by atomic mass is 19.3. The smallest absolute Gasteiger partial charge is 0.262 e. The molecule has 1 aromatic heterocycles. The van der Waals surface area contributed by atoms with Crippen molar-refractivity contribution in [3.05, 3.63) is 40.4 Å². The molecular formula is C16H18F2N4O2. The fraction of sp³-hybridized carbons (Fsp3) is 0.438. The number of hydrogen-bond donors (Lipinski definition) is 2. The molecule has 1 atom stereocenters. The molecule has 1 amide bonds. The number of rotatable bonds is 4. The van der Waals surface area contributed by atoms with E-state index in [1.54, 1.807) is 31.2 Å². The van der Waals surface area contributed by atoms with Crippen LogP contribution in [0.15, 0.2) is 29.1 Å². The zero-order chi connectivity index (χ0) is 17.3. The molecule has 0 bridgehead atoms. The van der Waals surface area contributed by atoms with Gasteiger partial charge in [0, 0.05) is 13.0 Å². The Hall–Kier alpha value is -2.35. The highest BCUT2D eigenvalue weighted by Crippen LogP contribution is 2.26. The predicted octanol–water partition coefficient (Wildman–Crippen LogP) is 1.27. The maximum absolute atomic E-state index is 13.3. The topological polar surface area (TPSA) is 78.1 Å². The van der Waals surface area contributed by atoms with Gasteiger partial charge >= 0.3 is 0 Å². The summed E-state index contributed by atoms with van der Waals surface area (Å²) in [7, 11) is 0. The first-order chi connectivity index (χ1) is 11.4. The summed E-state index contributed by atoms with van der Waals surface area (Å²) in [5.41, 5.74) is 0.245. The molecule has 0 radical (unpaired) electrons. The molecule has 1 aromatic carbocycles. The summed E-state index contributed by atoms with van der Waals surface area (Å²) in [6.07, 6.45) is -0.510. The van der Waals surface area contributed by atoms with E-state index in [1.165, 1.54) is 4.90 Å². The van der Waals surface area contributed by atoms with Crippen LogP contribution < -0.4 is 10.9 Å². The molecular weight excluding hydrogens is 318 g/mol. The summed E-state index contributed by atoms with van der Waals surface area (Å²) >= 11 is 0. The second kappa shape index (κ2) is 6.27. The Morgan fingerprint density at radius 1 is 1.42 bits per heavy atom. The van der Waals surface area contributed by atoms with Crippen molar-refractivity contribution >= 4 is 16.8 Å². The van der Waals surface area contributed by atoms with Crippen molar-refractivity contribution in [2.75, 3.05) is 13.1 Å². The van der Waals surface area contributed by atoms with Crippen LogP contribution in [0, 0.1) is 0 Å². The van der Waals surface area contributed by atoms with Crippen LogP contribution in [0.1, 0.15) is 19.2 Å². The molecule has 2 aromatic rings. The van der Waals surface area contributed by atoms with Gasteiger partial charge in [0.2, 0.25) is 5.91 Å². The molecule has 24 heavy (non-hydrogen) atoms. The number of carbonyl (C=O) groups is 1. The Morgan fingerprint density at radius 3 is 2.83 bits per heavy atom. The van der Waals surface area contributed by atoms with Crippen LogP contribution in [0.25, 0.3) is 10.9 Å². The van der Waals surface area contributed by atoms with E-state index < -0.39 is 30.8 Å². The Balaban J connectivity index is 1.80. The first kappa shape index (κ1) is 16.5. The standard InChI is InChI=1S/C16H18F2N4O2/c1-2-22(15(24)12-7-16(17,18)9-19-12)8-13-20-11-6-4-3-5-10(11)14(23)21-13/h3-6,12,19H,2,7-9H2,1H3,(H,20,21,23). The minimum Gasteiger partial charge on any atom is -0.334 e. The van der Waals surface area contributed by atoms with Crippen molar-refractivity contribution < 1.29 is 13.6 Å². The fourth-order valence-electron chi connectivity index (χ4n) is 2.85. The van der Waals surface area contributed by atoms with E-state index in [0.29, 0.717) is 23.3 Å². The molecule has 3 rings (SSSR count). The molecule has 2 heterocycles. The van der Waals surface area contributed by atoms with E-state index in [-0.39, 0.29) is 12.1 Å². The number of benzene rings is 1. The lowest BCUT2D eigenvalue weighted by molar-refractivity contribution is -0.134. The Morgan fingerprint density at radius 2 is 2.17 bits per heavy atom. The van der Waals surface area contributed by atoms with Gasteiger partial charge in [-0.3, -0.25) is 14.9 Å². The number of aromatic amines is 1. The minimum absolute atomic E-state index is 0.0686. The maximum Gasteiger partial charge on any atom is 0.262 e. The van der Waals surface area contributed by atoms with E-state index >= 15 is 0 Å². The number of para-hydroxylation sites is 1. The van der Waals surface area contributed by atoms with Crippen LogP contribution in [0.3, 0.4) is 0 Å². The molecule has 128 valence electrons. The number of amides is 1. The summed E-state index contributed by atoms with van der Waals surface area (Å²) in [6.45, 7) is 1.66. The van der Waals surface area contributed by atoms with Gasteiger partial charge in [0.1, 0.15) is 5.82 Å². The molecule has 0 spiro atoms. The Labute approximate surface area is 136 Å². The second-order valence-corrected chi connectivity index (χ2v) is 5.88. The summed E-state index contributed by atoms with van der Waals surface area (Å²) < 4.78 is 26.6. The molecule has 8 heteroatoms. The van der Waals surface area contributed by atoms with Crippen molar-refractivity contribution in [2.24, 2.45) is 0 Å². The monoisotopic (exact) mass is 336 g/mol. The molecule has 6 nitrogen and oxygen atoms in total. The van der Waals surface area contributed by atoms with Gasteiger partial charge in [-0.2, -0.15) is 0 Å². The summed E-state index contributed by atoms with van der Waals surface area (Å²) in [5.74, 6) is -2.95. The van der Waals surface area contributed by atoms with Gasteiger partial charge in [-0.15, -0.1) is 0 Å². The number of nitrogens with one attached hydrogen (secondary N) is 2. The zero-order valence-electron chi connectivity index (χ0n) is 13.2. The van der Waals surface area contributed by atoms with E-state index in [0.717, 1.165) is 0 Å². The molecule has 0 aliphatic carbocycles. The van der Waals surface area contributed by atoms with Crippen molar-refractivity contribution in [1.29, 1.82) is 0 Å². The van der Waals surface area contributed by atoms with Gasteiger partial charge in [0.05, 0.1) is 30.0 Å². The number of carbonyl (C=O) groups excluding carboxylic acids is 1. The predicted molar refractivity (Wildman–Crippen MR) is 84.8 cm³/mol. The largest absolute Gasteiger partial charge is 0.334 e. The molecule has 1 aliphatic heterocycles. The summed E-state index contributed by atoms with van der Waals surface area (Å²) in [5, 5.41) is 3.02. The normalized spacial score (nSPS) is 19.5. The van der Waals surface area contributed by atoms with Crippen LogP contribution in [0.5, 0.6) is 0 Å². The number of aromatic nitrogens is 2. The first-order valence-corrected chi connectivity index (χ1v) is 7.77. The maximum atomic E-state index is 13.3. The molecule has 2 N–H and O–H groups in total. The Bertz CT molecular complexity index is 821. The van der Waals surface area contributed by atoms with Gasteiger partial charge < -0.3 is 9.88 Å². The van der Waals surface area contributed by atoms with E-state index in [2.05, 4.69) is 15.3 Å². The third-order valence-corrected chi connectivity index (χ3v) is 4.10. The number of hydrogen-bond acceptors (Lipinski definition) is 4. The molecule has 1 unspecified atom stereocenters. The Kier molecular flexibility index (Phi) is 4.31. The van der Waals surface area contributed by atoms with E-state index in [9.17, 15) is 18.4 Å². The quantitative estimate of drug-likeness (QED) is 0.881. The van der Waals surface area contributed by atoms with Crippen molar-refractivity contribution in [2.45, 2.75) is 31.9 Å². The van der Waals surface area contributed by atoms with Crippen molar-refractivity contribution in [3.8, 4) is 0 Å². The van der Waals surface area contributed by atoms with Crippen LogP contribution in [0.4, 0.5) is 8.78 Å². The van der Waals surface area contributed by atoms with E-state index in [1.807, 2.05) is 0 Å². The van der Waals surface area contributed by atoms with Crippen molar-refractivity contribution in [3.63, 3.8) is 0 Å². The van der Waals surface area contributed by atoms with Crippen LogP contribution in [-0.2, 0) is 11.3 Å². The number of H-pyrrole nitrogens is 1. The van der Waals surface area contributed by atoms with Crippen LogP contribution in [-0.4, -0.2) is 45.8 Å². The second-order valence-electron chi connectivity index (χ2n) is 5.88. The van der Waals surface area contributed by atoms with E-state index in [4.69, 9.17) is 0 Å². The molecule has 1 saturated heterocycles. The minimum atomic E-state index is -2.87. The fourth-order valence-corrected chi connectivity index (χ4v) is 2.85. The molecule has 1 fully saturated rings. The van der Waals surface area contributed by atoms with Crippen LogP contribution in [0.2, 0.25) is 0 Å². The first-order valence-electron chi connectivity index (χ1n) is 7.77. The number of alkyl halides is 2. The lowest BCUT2D eigenvalue weighted by atomic mass is 10.1. The number of nitrogens with zero attached hydrogens (tertiary/aromatic N) is 2. The lowest BCUT2D eigenvalue weighted by Gasteiger charge is -2.23. The average Bonchev–Trinajstić information content (AvgIpc) is 2.92. The lowest BCUT2D eigenvalue weighted by Crippen LogP contribution is -2.43. The van der Waals surface area contributed by atoms with Gasteiger partial charge in [-0.05, 0) is 19.1 Å².